The molecule has 0 aromatic heterocycles. The summed E-state index contributed by atoms with van der Waals surface area (Å²) in [6.07, 6.45) is 5.81. The van der Waals surface area contributed by atoms with Crippen LogP contribution in [0.4, 0.5) is 4.79 Å². The van der Waals surface area contributed by atoms with E-state index in [-0.39, 0.29) is 17.4 Å². The minimum Gasteiger partial charge on any atom is -0.323 e. The smallest absolute Gasteiger partial charge is 0.323 e. The van der Waals surface area contributed by atoms with E-state index < -0.39 is 5.54 Å². The Hall–Kier alpha value is -1.57. The number of rotatable bonds is 3. The van der Waals surface area contributed by atoms with Gasteiger partial charge in [-0.05, 0) is 44.4 Å². The molecule has 2 saturated carbocycles. The van der Waals surface area contributed by atoms with Crippen molar-refractivity contribution in [1.82, 2.24) is 10.2 Å². The van der Waals surface area contributed by atoms with E-state index >= 15 is 0 Å². The average Bonchev–Trinajstić information content (AvgIpc) is 3.14. The normalized spacial score (nSPS) is 35.0. The molecule has 0 bridgehead atoms. The number of hydrogen-bond donors (Lipinski definition) is 1. The van der Waals surface area contributed by atoms with Crippen LogP contribution >= 0.6 is 0 Å². The third kappa shape index (κ3) is 2.07. The summed E-state index contributed by atoms with van der Waals surface area (Å²) in [5.41, 5.74) is -0.762. The van der Waals surface area contributed by atoms with E-state index in [4.69, 9.17) is 5.26 Å². The molecule has 0 aromatic carbocycles. The van der Waals surface area contributed by atoms with Crippen LogP contribution in [-0.2, 0) is 4.79 Å². The van der Waals surface area contributed by atoms with Crippen LogP contribution in [0.5, 0.6) is 0 Å². The number of urea groups is 1. The highest BCUT2D eigenvalue weighted by Crippen LogP contribution is 2.50. The highest BCUT2D eigenvalue weighted by atomic mass is 16.2. The zero-order chi connectivity index (χ0) is 14.4. The molecule has 108 valence electrons. The van der Waals surface area contributed by atoms with Crippen LogP contribution in [0.1, 0.15) is 51.9 Å². The Morgan fingerprint density at radius 1 is 1.30 bits per heavy atom. The lowest BCUT2D eigenvalue weighted by Crippen LogP contribution is -2.49. The van der Waals surface area contributed by atoms with E-state index in [1.54, 1.807) is 0 Å². The largest absolute Gasteiger partial charge is 0.325 e. The minimum absolute atomic E-state index is 0.0568. The van der Waals surface area contributed by atoms with Gasteiger partial charge in [0.05, 0.1) is 6.07 Å². The van der Waals surface area contributed by atoms with Crippen LogP contribution in [0.2, 0.25) is 0 Å². The van der Waals surface area contributed by atoms with Crippen LogP contribution in [-0.4, -0.2) is 28.9 Å². The lowest BCUT2D eigenvalue weighted by atomic mass is 9.77. The molecule has 20 heavy (non-hydrogen) atoms. The number of amides is 3. The van der Waals surface area contributed by atoms with Crippen LogP contribution in [0.3, 0.4) is 0 Å². The highest BCUT2D eigenvalue weighted by molar-refractivity contribution is 6.07. The van der Waals surface area contributed by atoms with Crippen LogP contribution in [0, 0.1) is 22.7 Å². The van der Waals surface area contributed by atoms with Crippen molar-refractivity contribution in [1.29, 1.82) is 5.26 Å². The monoisotopic (exact) mass is 275 g/mol. The van der Waals surface area contributed by atoms with Crippen LogP contribution in [0.25, 0.3) is 0 Å². The van der Waals surface area contributed by atoms with Crippen molar-refractivity contribution in [3.8, 4) is 6.07 Å². The summed E-state index contributed by atoms with van der Waals surface area (Å²) in [7, 11) is 0. The fourth-order valence-electron chi connectivity index (χ4n) is 3.48. The summed E-state index contributed by atoms with van der Waals surface area (Å²) in [6, 6.07) is 1.93. The third-order valence-electron chi connectivity index (χ3n) is 5.28. The lowest BCUT2D eigenvalue weighted by molar-refractivity contribution is -0.133. The molecule has 5 heteroatoms. The number of nitriles is 1. The van der Waals surface area contributed by atoms with Gasteiger partial charge in [0.1, 0.15) is 5.54 Å². The SMILES string of the molecule is CC1CCC2(CC1)NC(=O)N(CC1(CC#N)CC1)C2=O. The first-order chi connectivity index (χ1) is 9.50. The molecule has 0 unspecified atom stereocenters. The summed E-state index contributed by atoms with van der Waals surface area (Å²) in [5.74, 6) is 0.575. The topological polar surface area (TPSA) is 73.2 Å². The molecule has 3 rings (SSSR count). The fraction of sp³-hybridized carbons (Fsp3) is 0.800. The van der Waals surface area contributed by atoms with Crippen molar-refractivity contribution in [2.75, 3.05) is 6.54 Å². The maximum Gasteiger partial charge on any atom is 0.325 e. The van der Waals surface area contributed by atoms with Crippen LogP contribution < -0.4 is 5.32 Å². The summed E-state index contributed by atoms with van der Waals surface area (Å²) in [6.45, 7) is 2.61. The number of carbonyl (C=O) groups is 2. The standard InChI is InChI=1S/C15H21N3O2/c1-11-2-4-15(5-3-11)12(19)18(13(20)17-15)10-14(6-7-14)8-9-16/h11H,2-8,10H2,1H3,(H,17,20). The Morgan fingerprint density at radius 3 is 2.50 bits per heavy atom. The lowest BCUT2D eigenvalue weighted by Gasteiger charge is -2.33. The van der Waals surface area contributed by atoms with E-state index in [1.807, 2.05) is 0 Å². The molecule has 1 saturated heterocycles. The van der Waals surface area contributed by atoms with Crippen molar-refractivity contribution >= 4 is 11.9 Å². The first kappa shape index (κ1) is 13.4. The zero-order valence-electron chi connectivity index (χ0n) is 11.9. The average molecular weight is 275 g/mol. The van der Waals surface area contributed by atoms with Crippen molar-refractivity contribution < 1.29 is 9.59 Å². The molecule has 1 spiro atoms. The second-order valence-corrected chi connectivity index (χ2v) is 6.92. The predicted octanol–water partition coefficient (Wildman–Crippen LogP) is 2.18. The van der Waals surface area contributed by atoms with Gasteiger partial charge >= 0.3 is 6.03 Å². The molecule has 3 fully saturated rings. The maximum absolute atomic E-state index is 12.7. The number of nitrogens with one attached hydrogen (secondary N) is 1. The van der Waals surface area contributed by atoms with E-state index in [2.05, 4.69) is 18.3 Å². The summed E-state index contributed by atoms with van der Waals surface area (Å²) < 4.78 is 0. The highest BCUT2D eigenvalue weighted by Gasteiger charge is 2.55. The van der Waals surface area contributed by atoms with Gasteiger partial charge in [-0.15, -0.1) is 0 Å². The third-order valence-corrected chi connectivity index (χ3v) is 5.28. The number of nitrogens with zero attached hydrogens (tertiary/aromatic N) is 2. The van der Waals surface area contributed by atoms with E-state index in [1.165, 1.54) is 4.90 Å². The fourth-order valence-corrected chi connectivity index (χ4v) is 3.48. The first-order valence-electron chi connectivity index (χ1n) is 7.51. The van der Waals surface area contributed by atoms with Gasteiger partial charge in [-0.3, -0.25) is 9.69 Å². The predicted molar refractivity (Wildman–Crippen MR) is 72.5 cm³/mol. The Balaban J connectivity index is 1.73. The van der Waals surface area contributed by atoms with Gasteiger partial charge in [0, 0.05) is 18.4 Å². The molecule has 5 nitrogen and oxygen atoms in total. The molecule has 1 N–H and O–H groups in total. The Labute approximate surface area is 119 Å². The number of imide groups is 1. The van der Waals surface area contributed by atoms with Crippen molar-refractivity contribution in [2.45, 2.75) is 57.4 Å². The Bertz CT molecular complexity index is 482. The summed E-state index contributed by atoms with van der Waals surface area (Å²) in [4.78, 5) is 26.2. The summed E-state index contributed by atoms with van der Waals surface area (Å²) in [5, 5.41) is 11.8. The van der Waals surface area contributed by atoms with E-state index in [0.29, 0.717) is 18.9 Å². The van der Waals surface area contributed by atoms with Crippen molar-refractivity contribution in [2.24, 2.45) is 11.3 Å². The second-order valence-electron chi connectivity index (χ2n) is 6.92. The first-order valence-corrected chi connectivity index (χ1v) is 7.51. The Kier molecular flexibility index (Phi) is 3.00. The Morgan fingerprint density at radius 2 is 1.95 bits per heavy atom. The van der Waals surface area contributed by atoms with E-state index in [0.717, 1.165) is 38.5 Å². The quantitative estimate of drug-likeness (QED) is 0.802. The molecular weight excluding hydrogens is 254 g/mol. The van der Waals surface area contributed by atoms with Gasteiger partial charge in [-0.1, -0.05) is 6.92 Å². The summed E-state index contributed by atoms with van der Waals surface area (Å²) >= 11 is 0. The minimum atomic E-state index is -0.647. The molecule has 2 aliphatic carbocycles. The van der Waals surface area contributed by atoms with Gasteiger partial charge in [-0.2, -0.15) is 5.26 Å². The molecule has 0 radical (unpaired) electrons. The van der Waals surface area contributed by atoms with Gasteiger partial charge in [0.15, 0.2) is 0 Å². The van der Waals surface area contributed by atoms with Crippen molar-refractivity contribution in [3.05, 3.63) is 0 Å². The van der Waals surface area contributed by atoms with Gasteiger partial charge in [0.25, 0.3) is 5.91 Å². The molecular formula is C15H21N3O2. The zero-order valence-corrected chi connectivity index (χ0v) is 11.9. The number of hydrogen-bond acceptors (Lipinski definition) is 3. The maximum atomic E-state index is 12.7. The molecule has 3 aliphatic rings. The molecule has 1 heterocycles. The van der Waals surface area contributed by atoms with Gasteiger partial charge < -0.3 is 5.32 Å². The van der Waals surface area contributed by atoms with Gasteiger partial charge in [0.2, 0.25) is 0 Å². The van der Waals surface area contributed by atoms with Crippen LogP contribution in [0.15, 0.2) is 0 Å². The van der Waals surface area contributed by atoms with E-state index in [9.17, 15) is 9.59 Å². The number of carbonyl (C=O) groups excluding carboxylic acids is 2. The second kappa shape index (κ2) is 4.47. The van der Waals surface area contributed by atoms with Crippen molar-refractivity contribution in [3.63, 3.8) is 0 Å². The van der Waals surface area contributed by atoms with Gasteiger partial charge in [-0.25, -0.2) is 4.79 Å². The molecule has 0 aromatic rings. The molecule has 0 atom stereocenters. The molecule has 3 amide bonds. The molecule has 1 aliphatic heterocycles.